The van der Waals surface area contributed by atoms with Crippen LogP contribution in [0.5, 0.6) is 0 Å². The van der Waals surface area contributed by atoms with Crippen molar-refractivity contribution in [3.05, 3.63) is 29.3 Å². The highest BCUT2D eigenvalue weighted by Crippen LogP contribution is 2.36. The molecular formula is C22H36BNO4. The summed E-state index contributed by atoms with van der Waals surface area (Å²) in [6.45, 7) is 19.2. The topological polar surface area (TPSA) is 48.0 Å². The quantitative estimate of drug-likeness (QED) is 0.712. The molecule has 1 aromatic carbocycles. The average molecular weight is 389 g/mol. The van der Waals surface area contributed by atoms with Crippen molar-refractivity contribution in [1.82, 2.24) is 4.90 Å². The molecule has 1 aromatic rings. The van der Waals surface area contributed by atoms with Crippen molar-refractivity contribution in [2.75, 3.05) is 13.1 Å². The lowest BCUT2D eigenvalue weighted by molar-refractivity contribution is 0.00578. The molecule has 0 atom stereocenters. The summed E-state index contributed by atoms with van der Waals surface area (Å²) in [5, 5.41) is 0. The molecule has 0 spiro atoms. The van der Waals surface area contributed by atoms with Crippen LogP contribution in [0.3, 0.4) is 0 Å². The molecular weight excluding hydrogens is 353 g/mol. The minimum absolute atomic E-state index is 0.263. The molecule has 6 heteroatoms. The SMILES string of the molecule is CCN(CCc1ccc(B2OC(C)(C)C(C)(C)O2)c(C)c1)C(=O)OC(C)(C)C. The molecule has 1 aliphatic heterocycles. The summed E-state index contributed by atoms with van der Waals surface area (Å²) < 4.78 is 17.8. The fraction of sp³-hybridized carbons (Fsp3) is 0.682. The van der Waals surface area contributed by atoms with Gasteiger partial charge in [-0.15, -0.1) is 0 Å². The normalized spacial score (nSPS) is 18.2. The van der Waals surface area contributed by atoms with Gasteiger partial charge in [0.1, 0.15) is 5.60 Å². The van der Waals surface area contributed by atoms with Gasteiger partial charge in [-0.1, -0.05) is 23.8 Å². The van der Waals surface area contributed by atoms with Crippen molar-refractivity contribution in [2.24, 2.45) is 0 Å². The van der Waals surface area contributed by atoms with Crippen LogP contribution in [0.4, 0.5) is 4.79 Å². The van der Waals surface area contributed by atoms with Gasteiger partial charge in [-0.3, -0.25) is 0 Å². The minimum atomic E-state index is -0.481. The standard InChI is InChI=1S/C22H36BNO4/c1-10-24(19(25)26-20(3,4)5)14-13-17-11-12-18(16(2)15-17)23-27-21(6,7)22(8,9)28-23/h11-12,15H,10,13-14H2,1-9H3. The number of rotatable bonds is 5. The summed E-state index contributed by atoms with van der Waals surface area (Å²) in [5.41, 5.74) is 2.19. The number of nitrogens with zero attached hydrogens (tertiary/aromatic N) is 1. The lowest BCUT2D eigenvalue weighted by Crippen LogP contribution is -2.41. The van der Waals surface area contributed by atoms with Crippen LogP contribution in [0.25, 0.3) is 0 Å². The van der Waals surface area contributed by atoms with Gasteiger partial charge in [0.15, 0.2) is 0 Å². The molecule has 0 saturated carbocycles. The molecule has 0 N–H and O–H groups in total. The number of ether oxygens (including phenoxy) is 1. The van der Waals surface area contributed by atoms with Crippen molar-refractivity contribution in [1.29, 1.82) is 0 Å². The van der Waals surface area contributed by atoms with Crippen LogP contribution >= 0.6 is 0 Å². The second kappa shape index (κ2) is 8.07. The van der Waals surface area contributed by atoms with Crippen molar-refractivity contribution >= 4 is 18.7 Å². The Labute approximate surface area is 170 Å². The molecule has 0 aliphatic carbocycles. The fourth-order valence-corrected chi connectivity index (χ4v) is 3.10. The number of likely N-dealkylation sites (N-methyl/N-ethyl adjacent to an activating group) is 1. The fourth-order valence-electron chi connectivity index (χ4n) is 3.10. The second-order valence-corrected chi connectivity index (χ2v) is 9.59. The van der Waals surface area contributed by atoms with E-state index in [1.165, 1.54) is 5.56 Å². The summed E-state index contributed by atoms with van der Waals surface area (Å²) in [6.07, 6.45) is 0.512. The van der Waals surface area contributed by atoms with Gasteiger partial charge in [0.05, 0.1) is 11.2 Å². The van der Waals surface area contributed by atoms with E-state index in [4.69, 9.17) is 14.0 Å². The second-order valence-electron chi connectivity index (χ2n) is 9.59. The molecule has 2 rings (SSSR count). The van der Waals surface area contributed by atoms with Crippen LogP contribution in [-0.4, -0.2) is 48.0 Å². The monoisotopic (exact) mass is 389 g/mol. The largest absolute Gasteiger partial charge is 0.495 e. The Kier molecular flexibility index (Phi) is 6.56. The maximum atomic E-state index is 12.3. The van der Waals surface area contributed by atoms with Crippen molar-refractivity contribution < 1.29 is 18.8 Å². The van der Waals surface area contributed by atoms with E-state index in [1.54, 1.807) is 4.90 Å². The zero-order valence-electron chi connectivity index (χ0n) is 19.0. The molecule has 5 nitrogen and oxygen atoms in total. The van der Waals surface area contributed by atoms with Gasteiger partial charge in [0, 0.05) is 13.1 Å². The lowest BCUT2D eigenvalue weighted by Gasteiger charge is -2.32. The predicted molar refractivity (Wildman–Crippen MR) is 114 cm³/mol. The first kappa shape index (κ1) is 22.8. The zero-order valence-corrected chi connectivity index (χ0v) is 19.0. The Hall–Kier alpha value is -1.53. The molecule has 0 radical (unpaired) electrons. The Balaban J connectivity index is 2.04. The lowest BCUT2D eigenvalue weighted by atomic mass is 9.75. The highest BCUT2D eigenvalue weighted by atomic mass is 16.7. The molecule has 0 bridgehead atoms. The molecule has 0 aromatic heterocycles. The Morgan fingerprint density at radius 3 is 2.18 bits per heavy atom. The van der Waals surface area contributed by atoms with Gasteiger partial charge in [0.2, 0.25) is 0 Å². The molecule has 1 saturated heterocycles. The van der Waals surface area contributed by atoms with Gasteiger partial charge >= 0.3 is 13.2 Å². The van der Waals surface area contributed by atoms with E-state index < -0.39 is 5.60 Å². The van der Waals surface area contributed by atoms with Gasteiger partial charge in [-0.05, 0) is 79.8 Å². The van der Waals surface area contributed by atoms with E-state index in [0.717, 1.165) is 17.4 Å². The van der Waals surface area contributed by atoms with E-state index in [-0.39, 0.29) is 24.4 Å². The number of hydrogen-bond acceptors (Lipinski definition) is 4. The van der Waals surface area contributed by atoms with Crippen LogP contribution in [0.15, 0.2) is 18.2 Å². The highest BCUT2D eigenvalue weighted by Gasteiger charge is 2.52. The van der Waals surface area contributed by atoms with E-state index in [9.17, 15) is 4.79 Å². The van der Waals surface area contributed by atoms with Crippen LogP contribution < -0.4 is 5.46 Å². The molecule has 156 valence electrons. The van der Waals surface area contributed by atoms with Gasteiger partial charge in [0.25, 0.3) is 0 Å². The summed E-state index contributed by atoms with van der Waals surface area (Å²) in [5.74, 6) is 0. The molecule has 0 unspecified atom stereocenters. The third-order valence-corrected chi connectivity index (χ3v) is 5.55. The molecule has 1 fully saturated rings. The van der Waals surface area contributed by atoms with Crippen molar-refractivity contribution in [3.63, 3.8) is 0 Å². The number of benzene rings is 1. The molecule has 1 amide bonds. The van der Waals surface area contributed by atoms with Crippen LogP contribution in [0, 0.1) is 6.92 Å². The highest BCUT2D eigenvalue weighted by molar-refractivity contribution is 6.62. The van der Waals surface area contributed by atoms with E-state index in [0.29, 0.717) is 13.1 Å². The van der Waals surface area contributed by atoms with Crippen LogP contribution in [0.2, 0.25) is 0 Å². The Bertz CT molecular complexity index is 693. The smallest absolute Gasteiger partial charge is 0.444 e. The maximum absolute atomic E-state index is 12.3. The number of hydrogen-bond donors (Lipinski definition) is 0. The molecule has 1 heterocycles. The first-order chi connectivity index (χ1) is 12.8. The third kappa shape index (κ3) is 5.29. The number of amides is 1. The predicted octanol–water partition coefficient (Wildman–Crippen LogP) is 4.09. The van der Waals surface area contributed by atoms with E-state index in [2.05, 4.69) is 52.8 Å². The molecule has 1 aliphatic rings. The van der Waals surface area contributed by atoms with E-state index >= 15 is 0 Å². The molecule has 28 heavy (non-hydrogen) atoms. The number of aryl methyl sites for hydroxylation is 1. The van der Waals surface area contributed by atoms with Gasteiger partial charge in [-0.2, -0.15) is 0 Å². The van der Waals surface area contributed by atoms with Crippen LogP contribution in [0.1, 0.15) is 66.5 Å². The van der Waals surface area contributed by atoms with Gasteiger partial charge in [-0.25, -0.2) is 4.79 Å². The summed E-state index contributed by atoms with van der Waals surface area (Å²) in [4.78, 5) is 14.0. The van der Waals surface area contributed by atoms with Crippen LogP contribution in [-0.2, 0) is 20.5 Å². The Morgan fingerprint density at radius 2 is 1.71 bits per heavy atom. The average Bonchev–Trinajstić information content (AvgIpc) is 2.74. The number of carbonyl (C=O) groups is 1. The zero-order chi connectivity index (χ0) is 21.3. The van der Waals surface area contributed by atoms with Crippen molar-refractivity contribution in [3.8, 4) is 0 Å². The van der Waals surface area contributed by atoms with Crippen molar-refractivity contribution in [2.45, 2.75) is 85.5 Å². The summed E-state index contributed by atoms with van der Waals surface area (Å²) in [7, 11) is -0.354. The van der Waals surface area contributed by atoms with E-state index in [1.807, 2.05) is 27.7 Å². The summed E-state index contributed by atoms with van der Waals surface area (Å²) in [6, 6.07) is 6.33. The minimum Gasteiger partial charge on any atom is -0.444 e. The maximum Gasteiger partial charge on any atom is 0.495 e. The Morgan fingerprint density at radius 1 is 1.14 bits per heavy atom. The first-order valence-corrected chi connectivity index (χ1v) is 10.2. The summed E-state index contributed by atoms with van der Waals surface area (Å²) >= 11 is 0. The third-order valence-electron chi connectivity index (χ3n) is 5.55. The number of carbonyl (C=O) groups excluding carboxylic acids is 1. The van der Waals surface area contributed by atoms with Gasteiger partial charge < -0.3 is 18.9 Å². The first-order valence-electron chi connectivity index (χ1n) is 10.2.